The maximum atomic E-state index is 5.40. The molecule has 0 aliphatic rings. The lowest BCUT2D eigenvalue weighted by Crippen LogP contribution is -2.32. The fourth-order valence-corrected chi connectivity index (χ4v) is 2.36. The molecule has 17 heavy (non-hydrogen) atoms. The van der Waals surface area contributed by atoms with Crippen molar-refractivity contribution in [2.24, 2.45) is 0 Å². The quantitative estimate of drug-likeness (QED) is 0.812. The van der Waals surface area contributed by atoms with Gasteiger partial charge in [0.05, 0.1) is 13.3 Å². The molecule has 96 valence electrons. The van der Waals surface area contributed by atoms with Gasteiger partial charge in [-0.15, -0.1) is 0 Å². The molecule has 0 aliphatic carbocycles. The molecule has 1 N–H and O–H groups in total. The molecule has 0 amide bonds. The van der Waals surface area contributed by atoms with Crippen LogP contribution in [0.4, 0.5) is 0 Å². The standard InChI is InChI=1S/C14H24N2O/c1-9-8-12(17-7)10(2)11(3)13(9)14(15-4)16(5)6/h8,14-15H,1-7H3. The molecule has 3 heteroatoms. The molecule has 0 radical (unpaired) electrons. The Morgan fingerprint density at radius 2 is 1.76 bits per heavy atom. The highest BCUT2D eigenvalue weighted by atomic mass is 16.5. The summed E-state index contributed by atoms with van der Waals surface area (Å²) in [6, 6.07) is 2.12. The summed E-state index contributed by atoms with van der Waals surface area (Å²) in [5.41, 5.74) is 5.12. The Labute approximate surface area is 105 Å². The summed E-state index contributed by atoms with van der Waals surface area (Å²) >= 11 is 0. The minimum Gasteiger partial charge on any atom is -0.496 e. The van der Waals surface area contributed by atoms with Crippen LogP contribution in [0.2, 0.25) is 0 Å². The lowest BCUT2D eigenvalue weighted by molar-refractivity contribution is 0.262. The second-order valence-corrected chi connectivity index (χ2v) is 4.71. The van der Waals surface area contributed by atoms with E-state index in [4.69, 9.17) is 4.74 Å². The van der Waals surface area contributed by atoms with Gasteiger partial charge in [0.1, 0.15) is 5.75 Å². The van der Waals surface area contributed by atoms with Crippen LogP contribution in [0.25, 0.3) is 0 Å². The lowest BCUT2D eigenvalue weighted by atomic mass is 9.95. The Bertz CT molecular complexity index is 400. The first kappa shape index (κ1) is 14.0. The zero-order valence-electron chi connectivity index (χ0n) is 12.0. The highest BCUT2D eigenvalue weighted by molar-refractivity contribution is 5.49. The van der Waals surface area contributed by atoms with Crippen molar-refractivity contribution < 1.29 is 4.74 Å². The van der Waals surface area contributed by atoms with Gasteiger partial charge in [-0.25, -0.2) is 0 Å². The monoisotopic (exact) mass is 236 g/mol. The maximum absolute atomic E-state index is 5.40. The molecule has 0 aliphatic heterocycles. The minimum absolute atomic E-state index is 0.236. The molecule has 1 aromatic carbocycles. The molecule has 1 aromatic rings. The number of aryl methyl sites for hydroxylation is 1. The van der Waals surface area contributed by atoms with Gasteiger partial charge in [0, 0.05) is 0 Å². The van der Waals surface area contributed by atoms with Crippen molar-refractivity contribution in [1.82, 2.24) is 10.2 Å². The largest absolute Gasteiger partial charge is 0.496 e. The fraction of sp³-hybridized carbons (Fsp3) is 0.571. The average molecular weight is 236 g/mol. The number of nitrogens with zero attached hydrogens (tertiary/aromatic N) is 1. The van der Waals surface area contributed by atoms with Crippen LogP contribution in [-0.2, 0) is 0 Å². The summed E-state index contributed by atoms with van der Waals surface area (Å²) in [4.78, 5) is 2.18. The van der Waals surface area contributed by atoms with Crippen molar-refractivity contribution in [3.8, 4) is 5.75 Å². The van der Waals surface area contributed by atoms with E-state index in [0.29, 0.717) is 0 Å². The van der Waals surface area contributed by atoms with Crippen LogP contribution in [0.1, 0.15) is 28.4 Å². The number of hydrogen-bond donors (Lipinski definition) is 1. The molecule has 1 unspecified atom stereocenters. The molecular formula is C14H24N2O. The number of benzene rings is 1. The Hall–Kier alpha value is -1.06. The molecule has 0 fully saturated rings. The second-order valence-electron chi connectivity index (χ2n) is 4.71. The summed E-state index contributed by atoms with van der Waals surface area (Å²) < 4.78 is 5.40. The Morgan fingerprint density at radius 1 is 1.18 bits per heavy atom. The smallest absolute Gasteiger partial charge is 0.122 e. The minimum atomic E-state index is 0.236. The van der Waals surface area contributed by atoms with Gasteiger partial charge in [0.15, 0.2) is 0 Å². The molecule has 0 bridgehead atoms. The number of nitrogens with one attached hydrogen (secondary N) is 1. The van der Waals surface area contributed by atoms with E-state index < -0.39 is 0 Å². The molecule has 0 heterocycles. The lowest BCUT2D eigenvalue weighted by Gasteiger charge is -2.28. The van der Waals surface area contributed by atoms with Gasteiger partial charge < -0.3 is 10.1 Å². The first-order valence-electron chi connectivity index (χ1n) is 5.92. The zero-order chi connectivity index (χ0) is 13.2. The van der Waals surface area contributed by atoms with E-state index in [-0.39, 0.29) is 6.17 Å². The van der Waals surface area contributed by atoms with E-state index in [1.54, 1.807) is 7.11 Å². The highest BCUT2D eigenvalue weighted by Crippen LogP contribution is 2.31. The first-order chi connectivity index (χ1) is 7.93. The molecule has 0 aromatic heterocycles. The van der Waals surface area contributed by atoms with Crippen LogP contribution in [0.3, 0.4) is 0 Å². The highest BCUT2D eigenvalue weighted by Gasteiger charge is 2.19. The normalized spacial score (nSPS) is 12.9. The third-order valence-corrected chi connectivity index (χ3v) is 3.39. The summed E-state index contributed by atoms with van der Waals surface area (Å²) in [6.45, 7) is 6.41. The van der Waals surface area contributed by atoms with Gasteiger partial charge >= 0.3 is 0 Å². The number of ether oxygens (including phenoxy) is 1. The van der Waals surface area contributed by atoms with Crippen LogP contribution in [0.15, 0.2) is 6.07 Å². The molecule has 0 saturated heterocycles. The third kappa shape index (κ3) is 2.61. The van der Waals surface area contributed by atoms with Gasteiger partial charge in [-0.3, -0.25) is 4.90 Å². The second kappa shape index (κ2) is 5.52. The molecule has 1 atom stereocenters. The van der Waals surface area contributed by atoms with Gasteiger partial charge in [-0.2, -0.15) is 0 Å². The summed E-state index contributed by atoms with van der Waals surface area (Å²) in [6.07, 6.45) is 0.236. The van der Waals surface area contributed by atoms with Gasteiger partial charge in [0.25, 0.3) is 0 Å². The fourth-order valence-electron chi connectivity index (χ4n) is 2.36. The van der Waals surface area contributed by atoms with Gasteiger partial charge in [0.2, 0.25) is 0 Å². The average Bonchev–Trinajstić information content (AvgIpc) is 2.28. The van der Waals surface area contributed by atoms with Crippen molar-refractivity contribution in [1.29, 1.82) is 0 Å². The van der Waals surface area contributed by atoms with Crippen LogP contribution in [0.5, 0.6) is 5.75 Å². The predicted molar refractivity (Wildman–Crippen MR) is 72.7 cm³/mol. The van der Waals surface area contributed by atoms with Crippen molar-refractivity contribution in [3.63, 3.8) is 0 Å². The molecular weight excluding hydrogens is 212 g/mol. The van der Waals surface area contributed by atoms with Crippen LogP contribution < -0.4 is 10.1 Å². The topological polar surface area (TPSA) is 24.5 Å². The Balaban J connectivity index is 3.38. The molecule has 0 saturated carbocycles. The molecule has 3 nitrogen and oxygen atoms in total. The number of methoxy groups -OCH3 is 1. The summed E-state index contributed by atoms with van der Waals surface area (Å²) in [7, 11) is 7.88. The van der Waals surface area contributed by atoms with Crippen molar-refractivity contribution in [2.45, 2.75) is 26.9 Å². The van der Waals surface area contributed by atoms with E-state index in [1.807, 2.05) is 7.05 Å². The maximum Gasteiger partial charge on any atom is 0.122 e. The predicted octanol–water partition coefficient (Wildman–Crippen LogP) is 2.40. The third-order valence-electron chi connectivity index (χ3n) is 3.39. The number of hydrogen-bond acceptors (Lipinski definition) is 3. The van der Waals surface area contributed by atoms with E-state index >= 15 is 0 Å². The molecule has 0 spiro atoms. The summed E-state index contributed by atoms with van der Waals surface area (Å²) in [5, 5.41) is 3.35. The Kier molecular flexibility index (Phi) is 4.54. The van der Waals surface area contributed by atoms with Crippen LogP contribution in [0, 0.1) is 20.8 Å². The van der Waals surface area contributed by atoms with E-state index in [2.05, 4.69) is 51.1 Å². The van der Waals surface area contributed by atoms with E-state index in [1.165, 1.54) is 22.3 Å². The van der Waals surface area contributed by atoms with Crippen LogP contribution >= 0.6 is 0 Å². The SMILES string of the molecule is CNC(c1c(C)cc(OC)c(C)c1C)N(C)C. The summed E-state index contributed by atoms with van der Waals surface area (Å²) in [5.74, 6) is 0.970. The van der Waals surface area contributed by atoms with Gasteiger partial charge in [-0.1, -0.05) is 0 Å². The first-order valence-corrected chi connectivity index (χ1v) is 5.92. The van der Waals surface area contributed by atoms with Crippen molar-refractivity contribution >= 4 is 0 Å². The van der Waals surface area contributed by atoms with Crippen molar-refractivity contribution in [3.05, 3.63) is 28.3 Å². The van der Waals surface area contributed by atoms with E-state index in [9.17, 15) is 0 Å². The van der Waals surface area contributed by atoms with E-state index in [0.717, 1.165) is 5.75 Å². The van der Waals surface area contributed by atoms with Crippen molar-refractivity contribution in [2.75, 3.05) is 28.3 Å². The van der Waals surface area contributed by atoms with Gasteiger partial charge in [-0.05, 0) is 70.2 Å². The number of rotatable bonds is 4. The van der Waals surface area contributed by atoms with Crippen LogP contribution in [-0.4, -0.2) is 33.2 Å². The molecule has 1 rings (SSSR count). The Morgan fingerprint density at radius 3 is 2.18 bits per heavy atom. The zero-order valence-corrected chi connectivity index (χ0v) is 12.0.